The molecule has 1 fully saturated rings. The average molecular weight is 250 g/mol. The van der Waals surface area contributed by atoms with E-state index >= 15 is 0 Å². The van der Waals surface area contributed by atoms with Crippen molar-refractivity contribution >= 4 is 11.3 Å². The van der Waals surface area contributed by atoms with E-state index in [2.05, 4.69) is 27.4 Å². The minimum absolute atomic E-state index is 0.0335. The molecular weight excluding hydrogens is 236 g/mol. The first-order valence-electron chi connectivity index (χ1n) is 5.72. The second kappa shape index (κ2) is 4.19. The summed E-state index contributed by atoms with van der Waals surface area (Å²) in [5.74, 6) is 1.38. The third kappa shape index (κ3) is 1.98. The van der Waals surface area contributed by atoms with Gasteiger partial charge in [0.2, 0.25) is 11.7 Å². The summed E-state index contributed by atoms with van der Waals surface area (Å²) in [4.78, 5) is 9.47. The lowest BCUT2D eigenvalue weighted by Gasteiger charge is -2.30. The van der Waals surface area contributed by atoms with Crippen LogP contribution in [-0.4, -0.2) is 28.2 Å². The Morgan fingerprint density at radius 3 is 3.18 bits per heavy atom. The highest BCUT2D eigenvalue weighted by Crippen LogP contribution is 2.31. The van der Waals surface area contributed by atoms with Gasteiger partial charge in [0.15, 0.2) is 0 Å². The minimum atomic E-state index is -0.0335. The highest BCUT2D eigenvalue weighted by Gasteiger charge is 2.34. The maximum absolute atomic E-state index is 5.41. The zero-order valence-corrected chi connectivity index (χ0v) is 10.5. The SMILES string of the molecule is CC1(c2nc(-c3cncs3)no2)CCCNC1. The molecule has 2 aromatic heterocycles. The fourth-order valence-corrected chi connectivity index (χ4v) is 2.68. The lowest BCUT2D eigenvalue weighted by molar-refractivity contribution is 0.245. The Kier molecular flexibility index (Phi) is 2.68. The van der Waals surface area contributed by atoms with Crippen molar-refractivity contribution in [2.45, 2.75) is 25.2 Å². The van der Waals surface area contributed by atoms with Gasteiger partial charge in [-0.05, 0) is 26.3 Å². The van der Waals surface area contributed by atoms with E-state index < -0.39 is 0 Å². The molecule has 17 heavy (non-hydrogen) atoms. The molecule has 5 nitrogen and oxygen atoms in total. The molecule has 90 valence electrons. The van der Waals surface area contributed by atoms with Crippen LogP contribution in [0, 0.1) is 0 Å². The van der Waals surface area contributed by atoms with Gasteiger partial charge >= 0.3 is 0 Å². The van der Waals surface area contributed by atoms with Gasteiger partial charge in [-0.25, -0.2) is 0 Å². The predicted molar refractivity (Wildman–Crippen MR) is 64.9 cm³/mol. The first kappa shape index (κ1) is 10.9. The van der Waals surface area contributed by atoms with Crippen LogP contribution < -0.4 is 5.32 Å². The van der Waals surface area contributed by atoms with Crippen molar-refractivity contribution in [2.24, 2.45) is 0 Å². The van der Waals surface area contributed by atoms with E-state index in [1.807, 2.05) is 0 Å². The maximum atomic E-state index is 5.41. The number of nitrogens with one attached hydrogen (secondary N) is 1. The molecule has 0 spiro atoms. The molecule has 0 amide bonds. The lowest BCUT2D eigenvalue weighted by atomic mass is 9.83. The van der Waals surface area contributed by atoms with E-state index in [0.29, 0.717) is 5.82 Å². The summed E-state index contributed by atoms with van der Waals surface area (Å²) in [5.41, 5.74) is 1.74. The van der Waals surface area contributed by atoms with E-state index in [1.165, 1.54) is 11.3 Å². The molecule has 2 aromatic rings. The van der Waals surface area contributed by atoms with E-state index in [0.717, 1.165) is 36.7 Å². The summed E-state index contributed by atoms with van der Waals surface area (Å²) in [6.45, 7) is 4.14. The van der Waals surface area contributed by atoms with Crippen LogP contribution in [0.4, 0.5) is 0 Å². The van der Waals surface area contributed by atoms with Gasteiger partial charge in [0, 0.05) is 12.7 Å². The normalized spacial score (nSPS) is 25.0. The molecule has 3 rings (SSSR count). The zero-order chi connectivity index (χ0) is 11.7. The van der Waals surface area contributed by atoms with E-state index in [9.17, 15) is 0 Å². The molecule has 3 heterocycles. The molecule has 1 unspecified atom stereocenters. The molecular formula is C11H14N4OS. The van der Waals surface area contributed by atoms with Gasteiger partial charge in [0.1, 0.15) is 0 Å². The van der Waals surface area contributed by atoms with Crippen LogP contribution in [0.2, 0.25) is 0 Å². The van der Waals surface area contributed by atoms with Crippen molar-refractivity contribution in [3.8, 4) is 10.7 Å². The van der Waals surface area contributed by atoms with E-state index in [4.69, 9.17) is 4.52 Å². The minimum Gasteiger partial charge on any atom is -0.338 e. The quantitative estimate of drug-likeness (QED) is 0.881. The third-order valence-corrected chi connectivity index (χ3v) is 3.96. The summed E-state index contributed by atoms with van der Waals surface area (Å²) in [5, 5.41) is 7.42. The fourth-order valence-electron chi connectivity index (χ4n) is 2.13. The standard InChI is InChI=1S/C11H14N4OS/c1-11(3-2-4-12-6-11)10-14-9(15-16-10)8-5-13-7-17-8/h5,7,12H,2-4,6H2,1H3. The molecule has 1 N–H and O–H groups in total. The second-order valence-corrected chi connectivity index (χ2v) is 5.52. The Morgan fingerprint density at radius 2 is 2.47 bits per heavy atom. The highest BCUT2D eigenvalue weighted by atomic mass is 32.1. The molecule has 0 saturated carbocycles. The number of nitrogens with zero attached hydrogens (tertiary/aromatic N) is 3. The van der Waals surface area contributed by atoms with Gasteiger partial charge < -0.3 is 9.84 Å². The second-order valence-electron chi connectivity index (χ2n) is 4.63. The topological polar surface area (TPSA) is 63.8 Å². The number of hydrogen-bond acceptors (Lipinski definition) is 6. The highest BCUT2D eigenvalue weighted by molar-refractivity contribution is 7.13. The van der Waals surface area contributed by atoms with Crippen LogP contribution in [0.25, 0.3) is 10.7 Å². The van der Waals surface area contributed by atoms with Crippen LogP contribution in [0.5, 0.6) is 0 Å². The molecule has 0 radical (unpaired) electrons. The molecule has 0 bridgehead atoms. The van der Waals surface area contributed by atoms with Crippen LogP contribution >= 0.6 is 11.3 Å². The number of thiazole rings is 1. The Hall–Kier alpha value is -1.27. The Morgan fingerprint density at radius 1 is 1.53 bits per heavy atom. The Balaban J connectivity index is 1.89. The summed E-state index contributed by atoms with van der Waals surface area (Å²) < 4.78 is 5.41. The largest absolute Gasteiger partial charge is 0.338 e. The van der Waals surface area contributed by atoms with Crippen molar-refractivity contribution in [1.82, 2.24) is 20.4 Å². The fraction of sp³-hybridized carbons (Fsp3) is 0.545. The Labute approximate surface area is 103 Å². The van der Waals surface area contributed by atoms with Crippen molar-refractivity contribution in [1.29, 1.82) is 0 Å². The molecule has 6 heteroatoms. The number of rotatable bonds is 2. The van der Waals surface area contributed by atoms with Crippen LogP contribution in [0.3, 0.4) is 0 Å². The first-order valence-corrected chi connectivity index (χ1v) is 6.60. The monoisotopic (exact) mass is 250 g/mol. The zero-order valence-electron chi connectivity index (χ0n) is 9.64. The van der Waals surface area contributed by atoms with Crippen LogP contribution in [-0.2, 0) is 5.41 Å². The number of piperidine rings is 1. The number of hydrogen-bond donors (Lipinski definition) is 1. The Bertz CT molecular complexity index is 487. The molecule has 1 atom stereocenters. The molecule has 1 aliphatic rings. The number of aromatic nitrogens is 3. The third-order valence-electron chi connectivity index (χ3n) is 3.19. The van der Waals surface area contributed by atoms with Crippen molar-refractivity contribution in [2.75, 3.05) is 13.1 Å². The van der Waals surface area contributed by atoms with Crippen molar-refractivity contribution in [3.05, 3.63) is 17.6 Å². The first-order chi connectivity index (χ1) is 8.28. The van der Waals surface area contributed by atoms with Crippen molar-refractivity contribution < 1.29 is 4.52 Å². The summed E-state index contributed by atoms with van der Waals surface area (Å²) in [7, 11) is 0. The van der Waals surface area contributed by atoms with E-state index in [-0.39, 0.29) is 5.41 Å². The maximum Gasteiger partial charge on any atom is 0.234 e. The van der Waals surface area contributed by atoms with Crippen molar-refractivity contribution in [3.63, 3.8) is 0 Å². The molecule has 1 aliphatic heterocycles. The lowest BCUT2D eigenvalue weighted by Crippen LogP contribution is -2.41. The molecule has 0 aromatic carbocycles. The van der Waals surface area contributed by atoms with Gasteiger partial charge in [0.05, 0.1) is 15.8 Å². The van der Waals surface area contributed by atoms with Gasteiger partial charge in [-0.2, -0.15) is 4.98 Å². The van der Waals surface area contributed by atoms with E-state index in [1.54, 1.807) is 11.7 Å². The van der Waals surface area contributed by atoms with Crippen LogP contribution in [0.1, 0.15) is 25.7 Å². The average Bonchev–Trinajstić information content (AvgIpc) is 3.01. The van der Waals surface area contributed by atoms with Gasteiger partial charge in [-0.1, -0.05) is 5.16 Å². The summed E-state index contributed by atoms with van der Waals surface area (Å²) in [6, 6.07) is 0. The smallest absolute Gasteiger partial charge is 0.234 e. The predicted octanol–water partition coefficient (Wildman–Crippen LogP) is 1.83. The van der Waals surface area contributed by atoms with Gasteiger partial charge in [-0.15, -0.1) is 11.3 Å². The molecule has 0 aliphatic carbocycles. The van der Waals surface area contributed by atoms with Crippen LogP contribution in [0.15, 0.2) is 16.2 Å². The summed E-state index contributed by atoms with van der Waals surface area (Å²) in [6.07, 6.45) is 4.00. The summed E-state index contributed by atoms with van der Waals surface area (Å²) >= 11 is 1.52. The van der Waals surface area contributed by atoms with Gasteiger partial charge in [-0.3, -0.25) is 4.98 Å². The van der Waals surface area contributed by atoms with Gasteiger partial charge in [0.25, 0.3) is 0 Å². The molecule has 1 saturated heterocycles.